The first-order chi connectivity index (χ1) is 8.63. The van der Waals surface area contributed by atoms with Crippen molar-refractivity contribution in [2.75, 3.05) is 6.61 Å². The van der Waals surface area contributed by atoms with E-state index in [1.165, 1.54) is 25.7 Å². The molecule has 0 saturated carbocycles. The summed E-state index contributed by atoms with van der Waals surface area (Å²) in [6.45, 7) is 4.12. The average Bonchev–Trinajstić information content (AvgIpc) is 2.25. The Labute approximate surface area is 121 Å². The third-order valence-electron chi connectivity index (χ3n) is 1.52. The SMILES string of the molecule is CCCCCCC(Cl)Cl.CCO.O=C(O)C(F)(F)F. The molecule has 0 aromatic rings. The van der Waals surface area contributed by atoms with Gasteiger partial charge < -0.3 is 10.2 Å². The topological polar surface area (TPSA) is 57.5 Å². The predicted octanol–water partition coefficient (Wildman–Crippen LogP) is 4.39. The maximum atomic E-state index is 10.6. The molecule has 0 unspecified atom stereocenters. The Kier molecular flexibility index (Phi) is 19.9. The number of hydrogen-bond acceptors (Lipinski definition) is 2. The zero-order chi connectivity index (χ0) is 15.9. The number of unbranched alkanes of at least 4 members (excludes halogenated alkanes) is 3. The Morgan fingerprint density at radius 2 is 1.53 bits per heavy atom. The molecule has 0 aromatic heterocycles. The molecule has 0 spiro atoms. The maximum Gasteiger partial charge on any atom is 0.490 e. The molecule has 0 rings (SSSR count). The minimum Gasteiger partial charge on any atom is -0.475 e. The summed E-state index contributed by atoms with van der Waals surface area (Å²) in [6, 6.07) is 0. The number of rotatable bonds is 5. The number of carbonyl (C=O) groups is 1. The van der Waals surface area contributed by atoms with Crippen LogP contribution in [0.2, 0.25) is 0 Å². The van der Waals surface area contributed by atoms with E-state index in [4.69, 9.17) is 38.2 Å². The van der Waals surface area contributed by atoms with Crippen LogP contribution in [0, 0.1) is 0 Å². The van der Waals surface area contributed by atoms with Gasteiger partial charge in [0.15, 0.2) is 0 Å². The van der Waals surface area contributed by atoms with Gasteiger partial charge in [-0.2, -0.15) is 13.2 Å². The summed E-state index contributed by atoms with van der Waals surface area (Å²) in [4.78, 5) is 8.74. The number of aliphatic carboxylic acids is 1. The van der Waals surface area contributed by atoms with Gasteiger partial charge in [0.25, 0.3) is 0 Å². The van der Waals surface area contributed by atoms with Crippen LogP contribution < -0.4 is 0 Å². The summed E-state index contributed by atoms with van der Waals surface area (Å²) >= 11 is 11.0. The van der Waals surface area contributed by atoms with E-state index < -0.39 is 12.1 Å². The quantitative estimate of drug-likeness (QED) is 0.581. The fourth-order valence-electron chi connectivity index (χ4n) is 0.725. The standard InChI is InChI=1S/C7H14Cl2.C2HF3O2.C2H6O/c1-2-3-4-5-6-7(8)9;3-2(4,5)1(6)7;1-2-3/h7H,2-6H2,1H3;(H,6,7);3H,2H2,1H3. The minimum atomic E-state index is -5.08. The summed E-state index contributed by atoms with van der Waals surface area (Å²) in [5.41, 5.74) is 0. The average molecular weight is 329 g/mol. The van der Waals surface area contributed by atoms with Crippen molar-refractivity contribution in [3.05, 3.63) is 0 Å². The minimum absolute atomic E-state index is 0.151. The van der Waals surface area contributed by atoms with E-state index >= 15 is 0 Å². The summed E-state index contributed by atoms with van der Waals surface area (Å²) in [5, 5.41) is 14.7. The van der Waals surface area contributed by atoms with Gasteiger partial charge in [-0.15, -0.1) is 23.2 Å². The Balaban J connectivity index is -0.000000228. The van der Waals surface area contributed by atoms with Crippen molar-refractivity contribution in [2.24, 2.45) is 0 Å². The largest absolute Gasteiger partial charge is 0.490 e. The van der Waals surface area contributed by atoms with E-state index in [-0.39, 0.29) is 11.4 Å². The maximum absolute atomic E-state index is 10.6. The van der Waals surface area contributed by atoms with Gasteiger partial charge in [-0.3, -0.25) is 0 Å². The fraction of sp³-hybridized carbons (Fsp3) is 0.909. The van der Waals surface area contributed by atoms with E-state index in [2.05, 4.69) is 6.92 Å². The van der Waals surface area contributed by atoms with Crippen molar-refractivity contribution in [3.63, 3.8) is 0 Å². The summed E-state index contributed by atoms with van der Waals surface area (Å²) in [6.07, 6.45) is 0.886. The van der Waals surface area contributed by atoms with Crippen molar-refractivity contribution in [1.29, 1.82) is 0 Å². The molecular formula is C11H21Cl2F3O3. The molecule has 0 saturated heterocycles. The number of alkyl halides is 5. The fourth-order valence-corrected chi connectivity index (χ4v) is 1.03. The predicted molar refractivity (Wildman–Crippen MR) is 70.7 cm³/mol. The van der Waals surface area contributed by atoms with E-state index in [9.17, 15) is 13.2 Å². The lowest BCUT2D eigenvalue weighted by atomic mass is 10.2. The Morgan fingerprint density at radius 1 is 1.16 bits per heavy atom. The number of halogens is 5. The monoisotopic (exact) mass is 328 g/mol. The number of carboxylic acids is 1. The molecule has 3 nitrogen and oxygen atoms in total. The molecule has 0 amide bonds. The highest BCUT2D eigenvalue weighted by atomic mass is 35.5. The van der Waals surface area contributed by atoms with Gasteiger partial charge in [0.05, 0.1) is 0 Å². The van der Waals surface area contributed by atoms with Crippen LogP contribution in [0.3, 0.4) is 0 Å². The third kappa shape index (κ3) is 31.9. The first kappa shape index (κ1) is 23.9. The van der Waals surface area contributed by atoms with Gasteiger partial charge >= 0.3 is 12.1 Å². The second-order valence-corrected chi connectivity index (χ2v) is 4.64. The molecule has 0 heterocycles. The van der Waals surface area contributed by atoms with Crippen LogP contribution in [-0.4, -0.2) is 33.8 Å². The van der Waals surface area contributed by atoms with Crippen molar-refractivity contribution in [3.8, 4) is 0 Å². The molecule has 0 bridgehead atoms. The van der Waals surface area contributed by atoms with Gasteiger partial charge in [-0.1, -0.05) is 32.6 Å². The third-order valence-corrected chi connectivity index (χ3v) is 1.95. The zero-order valence-corrected chi connectivity index (χ0v) is 12.5. The number of aliphatic hydroxyl groups excluding tert-OH is 1. The molecule has 118 valence electrons. The second kappa shape index (κ2) is 15.9. The van der Waals surface area contributed by atoms with Gasteiger partial charge in [-0.25, -0.2) is 4.79 Å². The molecular weight excluding hydrogens is 308 g/mol. The Hall–Kier alpha value is -0.200. The van der Waals surface area contributed by atoms with Crippen LogP contribution in [0.25, 0.3) is 0 Å². The van der Waals surface area contributed by atoms with Crippen molar-refractivity contribution in [1.82, 2.24) is 0 Å². The van der Waals surface area contributed by atoms with Gasteiger partial charge in [0, 0.05) is 6.61 Å². The highest BCUT2D eigenvalue weighted by Gasteiger charge is 2.38. The van der Waals surface area contributed by atoms with Crippen LogP contribution in [-0.2, 0) is 4.79 Å². The summed E-state index contributed by atoms with van der Waals surface area (Å²) < 4.78 is 31.7. The zero-order valence-electron chi connectivity index (χ0n) is 11.0. The highest BCUT2D eigenvalue weighted by molar-refractivity contribution is 6.44. The molecule has 0 aliphatic rings. The Morgan fingerprint density at radius 3 is 1.74 bits per heavy atom. The normalized spacial score (nSPS) is 10.2. The lowest BCUT2D eigenvalue weighted by molar-refractivity contribution is -0.192. The number of hydrogen-bond donors (Lipinski definition) is 2. The molecule has 2 N–H and O–H groups in total. The molecule has 0 radical (unpaired) electrons. The van der Waals surface area contributed by atoms with Gasteiger partial charge in [-0.05, 0) is 13.3 Å². The molecule has 0 aromatic carbocycles. The molecule has 0 fully saturated rings. The van der Waals surface area contributed by atoms with Crippen LogP contribution >= 0.6 is 23.2 Å². The van der Waals surface area contributed by atoms with Crippen molar-refractivity contribution >= 4 is 29.2 Å². The first-order valence-corrected chi connectivity index (χ1v) is 6.69. The second-order valence-electron chi connectivity index (χ2n) is 3.36. The molecule has 8 heteroatoms. The van der Waals surface area contributed by atoms with Crippen LogP contribution in [0.15, 0.2) is 0 Å². The molecule has 19 heavy (non-hydrogen) atoms. The smallest absolute Gasteiger partial charge is 0.475 e. The number of aliphatic hydroxyl groups is 1. The van der Waals surface area contributed by atoms with E-state index in [1.807, 2.05) is 0 Å². The molecule has 0 aliphatic heterocycles. The number of carboxylic acid groups (broad SMARTS) is 1. The van der Waals surface area contributed by atoms with E-state index in [1.54, 1.807) is 6.92 Å². The van der Waals surface area contributed by atoms with Crippen LogP contribution in [0.5, 0.6) is 0 Å². The van der Waals surface area contributed by atoms with Crippen LogP contribution in [0.1, 0.15) is 46.0 Å². The molecule has 0 atom stereocenters. The van der Waals surface area contributed by atoms with Crippen molar-refractivity contribution < 1.29 is 28.2 Å². The van der Waals surface area contributed by atoms with Crippen LogP contribution in [0.4, 0.5) is 13.2 Å². The van der Waals surface area contributed by atoms with E-state index in [0.717, 1.165) is 6.42 Å². The highest BCUT2D eigenvalue weighted by Crippen LogP contribution is 2.13. The summed E-state index contributed by atoms with van der Waals surface area (Å²) in [7, 11) is 0. The lowest BCUT2D eigenvalue weighted by Crippen LogP contribution is -2.21. The molecule has 0 aliphatic carbocycles. The van der Waals surface area contributed by atoms with Crippen molar-refractivity contribution in [2.45, 2.75) is 57.0 Å². The lowest BCUT2D eigenvalue weighted by Gasteiger charge is -1.98. The Bertz CT molecular complexity index is 200. The van der Waals surface area contributed by atoms with Gasteiger partial charge in [0.1, 0.15) is 4.84 Å². The van der Waals surface area contributed by atoms with Gasteiger partial charge in [0.2, 0.25) is 0 Å². The van der Waals surface area contributed by atoms with E-state index in [0.29, 0.717) is 0 Å². The summed E-state index contributed by atoms with van der Waals surface area (Å²) in [5.74, 6) is -2.76. The first-order valence-electron chi connectivity index (χ1n) is 5.82.